The number of nitrogens with zero attached hydrogens (tertiary/aromatic N) is 2. The predicted molar refractivity (Wildman–Crippen MR) is 118 cm³/mol. The number of hydrogen-bond donors (Lipinski definition) is 1. The molecule has 1 aliphatic rings. The number of likely N-dealkylation sites (tertiary alicyclic amines) is 1. The maximum Gasteiger partial charge on any atom is 0.274 e. The fourth-order valence-electron chi connectivity index (χ4n) is 3.55. The third-order valence-electron chi connectivity index (χ3n) is 5.12. The molecule has 1 fully saturated rings. The zero-order chi connectivity index (χ0) is 21.4. The molecular weight excluding hydrogens is 425 g/mol. The lowest BCUT2D eigenvalue weighted by Crippen LogP contribution is -2.41. The van der Waals surface area contributed by atoms with Crippen molar-refractivity contribution in [1.29, 1.82) is 0 Å². The van der Waals surface area contributed by atoms with Crippen LogP contribution in [0.5, 0.6) is 0 Å². The third-order valence-corrected chi connectivity index (χ3v) is 8.25. The molecule has 0 unspecified atom stereocenters. The fourth-order valence-corrected chi connectivity index (χ4v) is 6.08. The van der Waals surface area contributed by atoms with Crippen LogP contribution in [0.1, 0.15) is 32.1 Å². The number of para-hydroxylation sites is 1. The van der Waals surface area contributed by atoms with Crippen molar-refractivity contribution in [2.24, 2.45) is 0 Å². The van der Waals surface area contributed by atoms with E-state index in [1.807, 2.05) is 0 Å². The summed E-state index contributed by atoms with van der Waals surface area (Å²) >= 11 is 1.04. The molecule has 2 heterocycles. The van der Waals surface area contributed by atoms with Crippen molar-refractivity contribution in [3.05, 3.63) is 47.6 Å². The number of carbonyl (C=O) groups excluding carboxylic acids is 1. The Balaban J connectivity index is 1.62. The molecule has 0 saturated carbocycles. The van der Waals surface area contributed by atoms with Crippen LogP contribution < -0.4 is 9.62 Å². The lowest BCUT2D eigenvalue weighted by molar-refractivity contribution is -0.119. The predicted octanol–water partition coefficient (Wildman–Crippen LogP) is 3.46. The number of benzene rings is 1. The number of amides is 1. The van der Waals surface area contributed by atoms with E-state index in [4.69, 9.17) is 0 Å². The molecule has 30 heavy (non-hydrogen) atoms. The molecule has 9 heteroatoms. The number of thiophene rings is 1. The van der Waals surface area contributed by atoms with Crippen LogP contribution in [0.15, 0.2) is 46.0 Å². The highest BCUT2D eigenvalue weighted by Crippen LogP contribution is 2.28. The number of anilines is 1. The summed E-state index contributed by atoms with van der Waals surface area (Å²) in [6.07, 6.45) is 5.77. The van der Waals surface area contributed by atoms with Crippen LogP contribution in [-0.4, -0.2) is 51.9 Å². The van der Waals surface area contributed by atoms with Gasteiger partial charge in [-0.3, -0.25) is 9.10 Å². The summed E-state index contributed by atoms with van der Waals surface area (Å²) in [7, 11) is -4.04. The number of sulfonamides is 1. The number of halogens is 1. The van der Waals surface area contributed by atoms with Gasteiger partial charge in [0.25, 0.3) is 10.0 Å². The van der Waals surface area contributed by atoms with Crippen molar-refractivity contribution < 1.29 is 17.6 Å². The van der Waals surface area contributed by atoms with E-state index in [0.717, 1.165) is 41.7 Å². The lowest BCUT2D eigenvalue weighted by Gasteiger charge is -2.24. The molecule has 1 saturated heterocycles. The van der Waals surface area contributed by atoms with Gasteiger partial charge in [0.15, 0.2) is 0 Å². The standard InChI is InChI=1S/C21H28FN3O3S2/c22-18-9-3-4-10-19(18)25(30(27,28)21-11-7-16-29-21)17-20(26)23-12-8-15-24-13-5-1-2-6-14-24/h3-4,7,9-11,16H,1-2,5-6,8,12-15,17H2,(H,23,26). The molecule has 0 atom stereocenters. The summed E-state index contributed by atoms with van der Waals surface area (Å²) in [5.41, 5.74) is -0.134. The van der Waals surface area contributed by atoms with Gasteiger partial charge in [-0.2, -0.15) is 0 Å². The molecule has 1 aliphatic heterocycles. The Morgan fingerprint density at radius 3 is 2.50 bits per heavy atom. The quantitative estimate of drug-likeness (QED) is 0.591. The molecule has 0 spiro atoms. The number of carbonyl (C=O) groups is 1. The summed E-state index contributed by atoms with van der Waals surface area (Å²) in [6.45, 7) is 3.08. The number of hydrogen-bond acceptors (Lipinski definition) is 5. The van der Waals surface area contributed by atoms with E-state index in [2.05, 4.69) is 10.2 Å². The van der Waals surface area contributed by atoms with Crippen LogP contribution in [-0.2, 0) is 14.8 Å². The van der Waals surface area contributed by atoms with Gasteiger partial charge in [-0.1, -0.05) is 31.0 Å². The Morgan fingerprint density at radius 1 is 1.10 bits per heavy atom. The Kier molecular flexibility index (Phi) is 8.24. The van der Waals surface area contributed by atoms with Gasteiger partial charge in [0.2, 0.25) is 5.91 Å². The minimum Gasteiger partial charge on any atom is -0.354 e. The molecule has 1 N–H and O–H groups in total. The van der Waals surface area contributed by atoms with E-state index in [-0.39, 0.29) is 9.90 Å². The lowest BCUT2D eigenvalue weighted by atomic mass is 10.2. The van der Waals surface area contributed by atoms with Crippen molar-refractivity contribution in [3.63, 3.8) is 0 Å². The summed E-state index contributed by atoms with van der Waals surface area (Å²) < 4.78 is 41.3. The van der Waals surface area contributed by atoms with E-state index in [1.54, 1.807) is 17.5 Å². The monoisotopic (exact) mass is 453 g/mol. The maximum atomic E-state index is 14.4. The summed E-state index contributed by atoms with van der Waals surface area (Å²) in [5, 5.41) is 4.42. The molecule has 164 valence electrons. The van der Waals surface area contributed by atoms with E-state index >= 15 is 0 Å². The molecular formula is C21H28FN3O3S2. The van der Waals surface area contributed by atoms with Gasteiger partial charge in [-0.25, -0.2) is 12.8 Å². The van der Waals surface area contributed by atoms with Crippen molar-refractivity contribution in [2.75, 3.05) is 37.0 Å². The minimum atomic E-state index is -4.04. The van der Waals surface area contributed by atoms with Gasteiger partial charge in [0.1, 0.15) is 16.6 Å². The number of rotatable bonds is 9. The fraction of sp³-hybridized carbons (Fsp3) is 0.476. The van der Waals surface area contributed by atoms with Crippen LogP contribution in [0, 0.1) is 5.82 Å². The van der Waals surface area contributed by atoms with Gasteiger partial charge in [0, 0.05) is 6.54 Å². The third kappa shape index (κ3) is 6.02. The first kappa shape index (κ1) is 22.7. The van der Waals surface area contributed by atoms with Gasteiger partial charge < -0.3 is 10.2 Å². The van der Waals surface area contributed by atoms with Gasteiger partial charge in [-0.05, 0) is 62.5 Å². The average molecular weight is 454 g/mol. The van der Waals surface area contributed by atoms with E-state index in [0.29, 0.717) is 6.54 Å². The molecule has 0 aliphatic carbocycles. The van der Waals surface area contributed by atoms with Crippen molar-refractivity contribution in [1.82, 2.24) is 10.2 Å². The summed E-state index contributed by atoms with van der Waals surface area (Å²) in [4.78, 5) is 14.9. The second-order valence-corrected chi connectivity index (χ2v) is 10.4. The number of nitrogens with one attached hydrogen (secondary N) is 1. The van der Waals surface area contributed by atoms with Crippen LogP contribution in [0.25, 0.3) is 0 Å². The van der Waals surface area contributed by atoms with Crippen molar-refractivity contribution in [2.45, 2.75) is 36.3 Å². The summed E-state index contributed by atoms with van der Waals surface area (Å²) in [5.74, 6) is -1.14. The Bertz CT molecular complexity index is 911. The van der Waals surface area contributed by atoms with Gasteiger partial charge >= 0.3 is 0 Å². The highest BCUT2D eigenvalue weighted by molar-refractivity contribution is 7.94. The van der Waals surface area contributed by atoms with E-state index < -0.39 is 28.3 Å². The molecule has 3 rings (SSSR count). The summed E-state index contributed by atoms with van der Waals surface area (Å²) in [6, 6.07) is 8.65. The topological polar surface area (TPSA) is 69.7 Å². The highest BCUT2D eigenvalue weighted by atomic mass is 32.2. The molecule has 1 amide bonds. The molecule has 1 aromatic carbocycles. The zero-order valence-corrected chi connectivity index (χ0v) is 18.6. The first-order valence-corrected chi connectivity index (χ1v) is 12.6. The average Bonchev–Trinajstić information content (AvgIpc) is 3.16. The van der Waals surface area contributed by atoms with Crippen LogP contribution in [0.2, 0.25) is 0 Å². The Labute approximate surface area is 181 Å². The van der Waals surface area contributed by atoms with Gasteiger partial charge in [0.05, 0.1) is 5.69 Å². The van der Waals surface area contributed by atoms with Crippen LogP contribution in [0.4, 0.5) is 10.1 Å². The minimum absolute atomic E-state index is 0.0692. The van der Waals surface area contributed by atoms with Crippen LogP contribution >= 0.6 is 11.3 Å². The van der Waals surface area contributed by atoms with Crippen molar-refractivity contribution >= 4 is 33.0 Å². The Morgan fingerprint density at radius 2 is 1.83 bits per heavy atom. The first-order valence-electron chi connectivity index (χ1n) is 10.3. The molecule has 0 bridgehead atoms. The molecule has 2 aromatic rings. The van der Waals surface area contributed by atoms with Crippen molar-refractivity contribution in [3.8, 4) is 0 Å². The highest BCUT2D eigenvalue weighted by Gasteiger charge is 2.29. The molecule has 6 nitrogen and oxygen atoms in total. The SMILES string of the molecule is O=C(CN(c1ccccc1F)S(=O)(=O)c1cccs1)NCCCN1CCCCCC1. The largest absolute Gasteiger partial charge is 0.354 e. The molecule has 1 aromatic heterocycles. The Hall–Kier alpha value is -1.97. The normalized spacial score (nSPS) is 15.5. The molecule has 0 radical (unpaired) electrons. The zero-order valence-electron chi connectivity index (χ0n) is 16.9. The van der Waals surface area contributed by atoms with E-state index in [1.165, 1.54) is 49.9 Å². The first-order chi connectivity index (χ1) is 14.5. The maximum absolute atomic E-state index is 14.4. The van der Waals surface area contributed by atoms with Gasteiger partial charge in [-0.15, -0.1) is 11.3 Å². The second kappa shape index (κ2) is 10.9. The smallest absolute Gasteiger partial charge is 0.274 e. The second-order valence-electron chi connectivity index (χ2n) is 7.35. The van der Waals surface area contributed by atoms with Crippen LogP contribution in [0.3, 0.4) is 0 Å². The van der Waals surface area contributed by atoms with E-state index in [9.17, 15) is 17.6 Å².